The summed E-state index contributed by atoms with van der Waals surface area (Å²) in [5.74, 6) is -2.94. The molecule has 0 unspecified atom stereocenters. The van der Waals surface area contributed by atoms with Gasteiger partial charge < -0.3 is 19.8 Å². The van der Waals surface area contributed by atoms with Crippen LogP contribution < -0.4 is 19.2 Å². The first-order valence-corrected chi connectivity index (χ1v) is 13.6. The molecule has 210 valence electrons. The van der Waals surface area contributed by atoms with Crippen LogP contribution in [0, 0.1) is 0 Å². The van der Waals surface area contributed by atoms with E-state index in [9.17, 15) is 24.0 Å². The first-order valence-electron chi connectivity index (χ1n) is 12.5. The van der Waals surface area contributed by atoms with Gasteiger partial charge in [-0.05, 0) is 36.4 Å². The summed E-state index contributed by atoms with van der Waals surface area (Å²) in [6, 6.07) is 32.1. The summed E-state index contributed by atoms with van der Waals surface area (Å²) in [6.45, 7) is 0. The molecule has 0 aliphatic rings. The number of carboxylic acids is 2. The average Bonchev–Trinajstić information content (AvgIpc) is 2.93. The third-order valence-corrected chi connectivity index (χ3v) is 7.19. The Balaban J connectivity index is 0.000000235. The van der Waals surface area contributed by atoms with Gasteiger partial charge in [-0.3, -0.25) is 8.97 Å². The Kier molecular flexibility index (Phi) is 11.5. The number of hydrogen-bond donors (Lipinski definition) is 0. The van der Waals surface area contributed by atoms with Crippen molar-refractivity contribution < 1.29 is 24.0 Å². The van der Waals surface area contributed by atoms with Crippen molar-refractivity contribution in [1.29, 1.82) is 0 Å². The van der Waals surface area contributed by atoms with E-state index in [0.717, 1.165) is 8.97 Å². The number of rotatable bonds is 6. The van der Waals surface area contributed by atoms with E-state index in [1.165, 1.54) is 59.9 Å². The van der Waals surface area contributed by atoms with Crippen LogP contribution in [0.1, 0.15) is 20.7 Å². The van der Waals surface area contributed by atoms with Gasteiger partial charge in [0.25, 0.3) is 0 Å². The lowest BCUT2D eigenvalue weighted by atomic mass is 10.2. The van der Waals surface area contributed by atoms with Crippen molar-refractivity contribution in [3.8, 4) is 0 Å². The summed E-state index contributed by atoms with van der Waals surface area (Å²) in [6.07, 6.45) is 0. The van der Waals surface area contributed by atoms with Gasteiger partial charge in [0.1, 0.15) is 11.4 Å². The van der Waals surface area contributed by atoms with E-state index in [-0.39, 0.29) is 20.9 Å². The van der Waals surface area contributed by atoms with Gasteiger partial charge in [-0.2, -0.15) is 0 Å². The van der Waals surface area contributed by atoms with Gasteiger partial charge in [-0.1, -0.05) is 72.8 Å². The molecule has 8 heteroatoms. The number of para-hydroxylation sites is 2. The van der Waals surface area contributed by atoms with E-state index in [1.54, 1.807) is 0 Å². The lowest BCUT2D eigenvalue weighted by Crippen LogP contribution is -2.34. The second-order valence-corrected chi connectivity index (χ2v) is 11.9. The molecule has 4 rings (SSSR count). The van der Waals surface area contributed by atoms with Crippen LogP contribution in [0.25, 0.3) is 0 Å². The fourth-order valence-corrected chi connectivity index (χ4v) is 4.81. The Morgan fingerprint density at radius 2 is 0.775 bits per heavy atom. The lowest BCUT2D eigenvalue weighted by Gasteiger charge is -2.22. The zero-order valence-electron chi connectivity index (χ0n) is 23.7. The highest BCUT2D eigenvalue weighted by molar-refractivity contribution is 7.85. The molecule has 40 heavy (non-hydrogen) atoms. The number of aromatic carboxylic acids is 2. The minimum absolute atomic E-state index is 0.0128. The molecular weight excluding hydrogens is 524 g/mol. The summed E-state index contributed by atoms with van der Waals surface area (Å²) in [7, 11) is 11.0. The molecule has 0 radical (unpaired) electrons. The molecule has 0 aromatic heterocycles. The van der Waals surface area contributed by atoms with Gasteiger partial charge in [0.05, 0.1) is 74.8 Å². The summed E-state index contributed by atoms with van der Waals surface area (Å²) in [5, 5.41) is 22.0. The van der Waals surface area contributed by atoms with Crippen molar-refractivity contribution in [2.45, 2.75) is 9.79 Å². The van der Waals surface area contributed by atoms with E-state index < -0.39 is 22.7 Å². The third kappa shape index (κ3) is 9.57. The topological polar surface area (TPSA) is 97.3 Å². The number of carbonyl (C=O) groups is 2. The van der Waals surface area contributed by atoms with E-state index >= 15 is 0 Å². The Morgan fingerprint density at radius 1 is 0.500 bits per heavy atom. The molecule has 0 saturated heterocycles. The molecule has 0 amide bonds. The lowest BCUT2D eigenvalue weighted by molar-refractivity contribution is -0.256. The standard InChI is InChI=1S/C14H10O5S.2C9H14N/c15-13(16)9-5-1-3-7-11(9)20(19)12-8-4-2-6-10(12)14(17)18;2*1-10(2,3)9-7-5-4-6-8-9/h1-8H,(H,15,16)(H,17,18);2*4-8H,1-3H3/q;2*+1/p-2. The van der Waals surface area contributed by atoms with Crippen molar-refractivity contribution >= 4 is 34.1 Å². The van der Waals surface area contributed by atoms with Crippen LogP contribution in [-0.4, -0.2) is 58.4 Å². The predicted molar refractivity (Wildman–Crippen MR) is 158 cm³/mol. The van der Waals surface area contributed by atoms with Gasteiger partial charge in [-0.15, -0.1) is 0 Å². The van der Waals surface area contributed by atoms with Crippen LogP contribution in [0.15, 0.2) is 119 Å². The molecule has 0 saturated carbocycles. The average molecular weight is 561 g/mol. The maximum Gasteiger partial charge on any atom is 0.132 e. The maximum atomic E-state index is 12.4. The Hall–Kier alpha value is -4.11. The fourth-order valence-electron chi connectivity index (χ4n) is 3.46. The SMILES string of the molecule is C[N+](C)(C)c1ccccc1.C[N+](C)(C)c1ccccc1.O=C([O-])c1ccccc1S(=O)c1ccccc1C(=O)[O-]. The molecule has 0 N–H and O–H groups in total. The number of carboxylic acid groups (broad SMARTS) is 2. The second-order valence-electron chi connectivity index (χ2n) is 10.5. The first kappa shape index (κ1) is 32.1. The summed E-state index contributed by atoms with van der Waals surface area (Å²) < 4.78 is 14.2. The summed E-state index contributed by atoms with van der Waals surface area (Å²) in [4.78, 5) is 22.0. The van der Waals surface area contributed by atoms with E-state index in [4.69, 9.17) is 0 Å². The Labute approximate surface area is 239 Å². The minimum atomic E-state index is -1.95. The smallest absolute Gasteiger partial charge is 0.132 e. The monoisotopic (exact) mass is 560 g/mol. The zero-order valence-corrected chi connectivity index (χ0v) is 24.6. The van der Waals surface area contributed by atoms with E-state index in [2.05, 4.69) is 90.8 Å². The highest BCUT2D eigenvalue weighted by Crippen LogP contribution is 2.22. The molecule has 7 nitrogen and oxygen atoms in total. The molecule has 0 bridgehead atoms. The highest BCUT2D eigenvalue weighted by Gasteiger charge is 2.16. The van der Waals surface area contributed by atoms with Crippen LogP contribution >= 0.6 is 0 Å². The van der Waals surface area contributed by atoms with Crippen molar-refractivity contribution in [2.75, 3.05) is 42.3 Å². The maximum absolute atomic E-state index is 12.4. The van der Waals surface area contributed by atoms with Gasteiger partial charge >= 0.3 is 0 Å². The molecular formula is C32H36N2O5S. The Morgan fingerprint density at radius 3 is 1.02 bits per heavy atom. The number of quaternary nitrogens is 2. The quantitative estimate of drug-likeness (QED) is 0.337. The second kappa shape index (κ2) is 14.3. The highest BCUT2D eigenvalue weighted by atomic mass is 32.2. The van der Waals surface area contributed by atoms with Crippen LogP contribution in [0.4, 0.5) is 11.4 Å². The van der Waals surface area contributed by atoms with E-state index in [0.29, 0.717) is 0 Å². The van der Waals surface area contributed by atoms with Crippen LogP contribution in [0.3, 0.4) is 0 Å². The zero-order chi connectivity index (χ0) is 29.9. The first-order chi connectivity index (χ1) is 18.7. The molecule has 0 spiro atoms. The van der Waals surface area contributed by atoms with Crippen molar-refractivity contribution in [3.63, 3.8) is 0 Å². The predicted octanol–water partition coefficient (Wildman–Crippen LogP) is 3.35. The molecule has 0 heterocycles. The molecule has 0 aliphatic heterocycles. The molecule has 0 fully saturated rings. The molecule has 0 atom stereocenters. The molecule has 0 aliphatic carbocycles. The van der Waals surface area contributed by atoms with Gasteiger partial charge in [0.2, 0.25) is 0 Å². The van der Waals surface area contributed by atoms with E-state index in [1.807, 2.05) is 12.1 Å². The summed E-state index contributed by atoms with van der Waals surface area (Å²) in [5.41, 5.74) is 2.20. The largest absolute Gasteiger partial charge is 0.545 e. The molecule has 4 aromatic carbocycles. The fraction of sp³-hybridized carbons (Fsp3) is 0.188. The van der Waals surface area contributed by atoms with Crippen LogP contribution in [0.5, 0.6) is 0 Å². The number of carbonyl (C=O) groups excluding carboxylic acids is 2. The van der Waals surface area contributed by atoms with Crippen molar-refractivity contribution in [3.05, 3.63) is 120 Å². The molecule has 4 aromatic rings. The van der Waals surface area contributed by atoms with Gasteiger partial charge in [0.15, 0.2) is 0 Å². The number of hydrogen-bond acceptors (Lipinski definition) is 5. The summed E-state index contributed by atoms with van der Waals surface area (Å²) >= 11 is 0. The van der Waals surface area contributed by atoms with Gasteiger partial charge in [0, 0.05) is 11.1 Å². The van der Waals surface area contributed by atoms with Crippen molar-refractivity contribution in [1.82, 2.24) is 8.97 Å². The third-order valence-electron chi connectivity index (χ3n) is 5.68. The minimum Gasteiger partial charge on any atom is -0.545 e. The van der Waals surface area contributed by atoms with Gasteiger partial charge in [-0.25, -0.2) is 4.21 Å². The van der Waals surface area contributed by atoms with Crippen molar-refractivity contribution in [2.24, 2.45) is 0 Å². The van der Waals surface area contributed by atoms with Crippen LogP contribution in [-0.2, 0) is 10.8 Å². The number of nitrogens with zero attached hydrogens (tertiary/aromatic N) is 2. The Bertz CT molecular complexity index is 1320. The number of benzene rings is 4. The van der Waals surface area contributed by atoms with Crippen LogP contribution in [0.2, 0.25) is 0 Å². The normalized spacial score (nSPS) is 11.0.